The van der Waals surface area contributed by atoms with E-state index in [1.54, 1.807) is 30.6 Å². The standard InChI is InChI=1S/C14H13N3O2S/c1-3-6-17-13(19)11(12(18)16-14(17)20)7-10-4-5-15-8-9(10)2/h3-5,7-8H,1,6H2,2H3,(H,16,18,20). The van der Waals surface area contributed by atoms with Crippen LogP contribution < -0.4 is 5.32 Å². The van der Waals surface area contributed by atoms with Crippen LogP contribution in [0.2, 0.25) is 0 Å². The molecule has 1 aromatic rings. The lowest BCUT2D eigenvalue weighted by molar-refractivity contribution is -0.128. The molecule has 1 saturated heterocycles. The monoisotopic (exact) mass is 287 g/mol. The highest BCUT2D eigenvalue weighted by atomic mass is 32.1. The van der Waals surface area contributed by atoms with Gasteiger partial charge < -0.3 is 0 Å². The van der Waals surface area contributed by atoms with Crippen molar-refractivity contribution in [1.82, 2.24) is 15.2 Å². The number of hydrogen-bond donors (Lipinski definition) is 1. The van der Waals surface area contributed by atoms with E-state index in [4.69, 9.17) is 12.2 Å². The smallest absolute Gasteiger partial charge is 0.265 e. The van der Waals surface area contributed by atoms with Crippen molar-refractivity contribution in [2.45, 2.75) is 6.92 Å². The van der Waals surface area contributed by atoms with Crippen LogP contribution in [0.4, 0.5) is 0 Å². The van der Waals surface area contributed by atoms with Gasteiger partial charge in [0.15, 0.2) is 5.11 Å². The SMILES string of the molecule is C=CCN1C(=O)C(=Cc2ccncc2C)C(=O)NC1=S. The van der Waals surface area contributed by atoms with Crippen molar-refractivity contribution in [3.05, 3.63) is 47.8 Å². The van der Waals surface area contributed by atoms with Crippen molar-refractivity contribution in [2.24, 2.45) is 0 Å². The molecule has 0 atom stereocenters. The molecule has 6 heteroatoms. The third kappa shape index (κ3) is 2.65. The van der Waals surface area contributed by atoms with Gasteiger partial charge in [0.05, 0.1) is 0 Å². The lowest BCUT2D eigenvalue weighted by atomic mass is 10.1. The van der Waals surface area contributed by atoms with Gasteiger partial charge in [-0.25, -0.2) is 0 Å². The number of rotatable bonds is 3. The number of carbonyl (C=O) groups is 2. The lowest BCUT2D eigenvalue weighted by Gasteiger charge is -2.27. The number of carbonyl (C=O) groups excluding carboxylic acids is 2. The summed E-state index contributed by atoms with van der Waals surface area (Å²) in [6.45, 7) is 5.68. The van der Waals surface area contributed by atoms with Gasteiger partial charge in [0.2, 0.25) is 0 Å². The average Bonchev–Trinajstić information content (AvgIpc) is 2.41. The molecule has 0 unspecified atom stereocenters. The summed E-state index contributed by atoms with van der Waals surface area (Å²) in [6.07, 6.45) is 6.38. The van der Waals surface area contributed by atoms with Gasteiger partial charge in [-0.2, -0.15) is 0 Å². The van der Waals surface area contributed by atoms with Gasteiger partial charge in [-0.1, -0.05) is 6.08 Å². The van der Waals surface area contributed by atoms with E-state index in [0.29, 0.717) is 0 Å². The summed E-state index contributed by atoms with van der Waals surface area (Å²) < 4.78 is 0. The molecule has 1 fully saturated rings. The average molecular weight is 287 g/mol. The molecule has 0 saturated carbocycles. The quantitative estimate of drug-likeness (QED) is 0.393. The van der Waals surface area contributed by atoms with E-state index in [-0.39, 0.29) is 17.2 Å². The van der Waals surface area contributed by atoms with E-state index in [2.05, 4.69) is 16.9 Å². The molecule has 0 radical (unpaired) electrons. The van der Waals surface area contributed by atoms with Crippen molar-refractivity contribution in [3.8, 4) is 0 Å². The maximum Gasteiger partial charge on any atom is 0.265 e. The molecule has 1 aliphatic heterocycles. The van der Waals surface area contributed by atoms with Crippen LogP contribution in [-0.4, -0.2) is 33.4 Å². The second-order valence-electron chi connectivity index (χ2n) is 4.25. The van der Waals surface area contributed by atoms with Crippen LogP contribution >= 0.6 is 12.2 Å². The summed E-state index contributed by atoms with van der Waals surface area (Å²) >= 11 is 4.98. The van der Waals surface area contributed by atoms with Gasteiger partial charge >= 0.3 is 0 Å². The largest absolute Gasteiger partial charge is 0.298 e. The first kappa shape index (κ1) is 14.1. The van der Waals surface area contributed by atoms with Gasteiger partial charge in [-0.05, 0) is 42.4 Å². The van der Waals surface area contributed by atoms with Crippen molar-refractivity contribution >= 4 is 35.2 Å². The summed E-state index contributed by atoms with van der Waals surface area (Å²) in [4.78, 5) is 29.5. The number of aryl methyl sites for hydroxylation is 1. The summed E-state index contributed by atoms with van der Waals surface area (Å²) in [6, 6.07) is 1.74. The fourth-order valence-corrected chi connectivity index (χ4v) is 2.04. The fourth-order valence-electron chi connectivity index (χ4n) is 1.79. The minimum atomic E-state index is -0.489. The number of thiocarbonyl (C=S) groups is 1. The van der Waals surface area contributed by atoms with Gasteiger partial charge in [0.1, 0.15) is 5.57 Å². The van der Waals surface area contributed by atoms with Crippen LogP contribution in [0.1, 0.15) is 11.1 Å². The molecule has 102 valence electrons. The molecule has 2 heterocycles. The Labute approximate surface area is 122 Å². The molecule has 1 aromatic heterocycles. The topological polar surface area (TPSA) is 62.3 Å². The van der Waals surface area contributed by atoms with E-state index < -0.39 is 11.8 Å². The zero-order valence-electron chi connectivity index (χ0n) is 10.9. The van der Waals surface area contributed by atoms with Gasteiger partial charge in [0.25, 0.3) is 11.8 Å². The second-order valence-corrected chi connectivity index (χ2v) is 4.64. The summed E-state index contributed by atoms with van der Waals surface area (Å²) in [5, 5.41) is 2.60. The molecule has 1 N–H and O–H groups in total. The predicted molar refractivity (Wildman–Crippen MR) is 79.6 cm³/mol. The predicted octanol–water partition coefficient (Wildman–Crippen LogP) is 1.20. The Morgan fingerprint density at radius 1 is 1.50 bits per heavy atom. The number of pyridine rings is 1. The summed E-state index contributed by atoms with van der Waals surface area (Å²) in [5.74, 6) is -0.911. The molecule has 0 aliphatic carbocycles. The minimum absolute atomic E-state index is 0.0507. The highest BCUT2D eigenvalue weighted by Gasteiger charge is 2.32. The number of nitrogens with one attached hydrogen (secondary N) is 1. The van der Waals surface area contributed by atoms with Crippen LogP contribution in [0.15, 0.2) is 36.7 Å². The maximum atomic E-state index is 12.3. The Morgan fingerprint density at radius 3 is 2.90 bits per heavy atom. The molecule has 5 nitrogen and oxygen atoms in total. The lowest BCUT2D eigenvalue weighted by Crippen LogP contribution is -2.53. The van der Waals surface area contributed by atoms with Crippen LogP contribution in [0.3, 0.4) is 0 Å². The molecule has 2 rings (SSSR count). The van der Waals surface area contributed by atoms with Crippen LogP contribution in [-0.2, 0) is 9.59 Å². The first-order valence-electron chi connectivity index (χ1n) is 5.95. The number of nitrogens with zero attached hydrogens (tertiary/aromatic N) is 2. The normalized spacial score (nSPS) is 17.4. The van der Waals surface area contributed by atoms with Crippen molar-refractivity contribution in [3.63, 3.8) is 0 Å². The Kier molecular flexibility index (Phi) is 4.05. The van der Waals surface area contributed by atoms with Crippen LogP contribution in [0.5, 0.6) is 0 Å². The van der Waals surface area contributed by atoms with Gasteiger partial charge in [0, 0.05) is 18.9 Å². The van der Waals surface area contributed by atoms with Crippen molar-refractivity contribution < 1.29 is 9.59 Å². The minimum Gasteiger partial charge on any atom is -0.298 e. The van der Waals surface area contributed by atoms with Crippen LogP contribution in [0, 0.1) is 6.92 Å². The zero-order valence-corrected chi connectivity index (χ0v) is 11.7. The highest BCUT2D eigenvalue weighted by molar-refractivity contribution is 7.80. The van der Waals surface area contributed by atoms with Crippen molar-refractivity contribution in [1.29, 1.82) is 0 Å². The third-order valence-corrected chi connectivity index (χ3v) is 3.18. The van der Waals surface area contributed by atoms with Crippen molar-refractivity contribution in [2.75, 3.05) is 6.54 Å². The molecule has 1 aliphatic rings. The number of aromatic nitrogens is 1. The fraction of sp³-hybridized carbons (Fsp3) is 0.143. The summed E-state index contributed by atoms with van der Waals surface area (Å²) in [5.41, 5.74) is 1.70. The molecule has 0 spiro atoms. The molecule has 20 heavy (non-hydrogen) atoms. The highest BCUT2D eigenvalue weighted by Crippen LogP contribution is 2.16. The Bertz CT molecular complexity index is 637. The van der Waals surface area contributed by atoms with Crippen LogP contribution in [0.25, 0.3) is 6.08 Å². The molecular weight excluding hydrogens is 274 g/mol. The Morgan fingerprint density at radius 2 is 2.25 bits per heavy atom. The first-order valence-corrected chi connectivity index (χ1v) is 6.35. The molecule has 2 amide bonds. The number of amides is 2. The Hall–Kier alpha value is -2.34. The van der Waals surface area contributed by atoms with E-state index >= 15 is 0 Å². The molecule has 0 bridgehead atoms. The maximum absolute atomic E-state index is 12.3. The molecule has 0 aromatic carbocycles. The van der Waals surface area contributed by atoms with E-state index in [0.717, 1.165) is 11.1 Å². The Balaban J connectivity index is 2.42. The molecular formula is C14H13N3O2S. The van der Waals surface area contributed by atoms with E-state index in [1.807, 2.05) is 6.92 Å². The first-order chi connectivity index (χ1) is 9.54. The van der Waals surface area contributed by atoms with E-state index in [9.17, 15) is 9.59 Å². The third-order valence-electron chi connectivity index (χ3n) is 2.86. The zero-order chi connectivity index (χ0) is 14.7. The summed E-state index contributed by atoms with van der Waals surface area (Å²) in [7, 11) is 0. The number of hydrogen-bond acceptors (Lipinski definition) is 4. The second kappa shape index (κ2) is 5.75. The van der Waals surface area contributed by atoms with E-state index in [1.165, 1.54) is 4.90 Å². The van der Waals surface area contributed by atoms with Gasteiger partial charge in [-0.3, -0.25) is 24.8 Å². The van der Waals surface area contributed by atoms with Gasteiger partial charge in [-0.15, -0.1) is 6.58 Å².